The number of hydrogen-bond acceptors (Lipinski definition) is 5. The monoisotopic (exact) mass is 457 g/mol. The Morgan fingerprint density at radius 3 is 2.58 bits per heavy atom. The summed E-state index contributed by atoms with van der Waals surface area (Å²) in [6.07, 6.45) is 2.24. The maximum Gasteiger partial charge on any atom is 0.339 e. The van der Waals surface area contributed by atoms with Crippen LogP contribution in [0.5, 0.6) is 0 Å². The quantitative estimate of drug-likeness (QED) is 0.621. The van der Waals surface area contributed by atoms with Crippen LogP contribution in [0.1, 0.15) is 68.8 Å². The molecule has 33 heavy (non-hydrogen) atoms. The Balaban J connectivity index is 1.61. The van der Waals surface area contributed by atoms with Crippen LogP contribution in [0.2, 0.25) is 0 Å². The van der Waals surface area contributed by atoms with Gasteiger partial charge in [-0.2, -0.15) is 5.10 Å². The van der Waals surface area contributed by atoms with Crippen molar-refractivity contribution in [2.24, 2.45) is 5.92 Å². The van der Waals surface area contributed by atoms with E-state index in [2.05, 4.69) is 29.2 Å². The normalized spacial score (nSPS) is 16.1. The highest BCUT2D eigenvalue weighted by atomic mass is 16.5. The number of H-pyrrole nitrogens is 1. The maximum absolute atomic E-state index is 13.2. The largest absolute Gasteiger partial charge is 0.465 e. The summed E-state index contributed by atoms with van der Waals surface area (Å²) in [5.41, 5.74) is 5.27. The van der Waals surface area contributed by atoms with Crippen LogP contribution in [0.4, 0.5) is 0 Å². The second kappa shape index (κ2) is 10.2. The van der Waals surface area contributed by atoms with Crippen LogP contribution in [-0.4, -0.2) is 64.2 Å². The number of ether oxygens (including phenoxy) is 1. The number of rotatable bonds is 7. The van der Waals surface area contributed by atoms with E-state index in [0.717, 1.165) is 37.2 Å². The fourth-order valence-electron chi connectivity index (χ4n) is 4.76. The third kappa shape index (κ3) is 4.96. The van der Waals surface area contributed by atoms with Crippen molar-refractivity contribution in [2.75, 3.05) is 26.7 Å². The molecule has 2 aromatic heterocycles. The molecule has 1 atom stereocenters. The van der Waals surface area contributed by atoms with Gasteiger partial charge in [0.2, 0.25) is 5.91 Å². The van der Waals surface area contributed by atoms with Gasteiger partial charge in [0.1, 0.15) is 5.69 Å². The Kier molecular flexibility index (Phi) is 7.61. The molecule has 9 heteroatoms. The minimum Gasteiger partial charge on any atom is -0.465 e. The minimum atomic E-state index is -0.467. The number of esters is 1. The summed E-state index contributed by atoms with van der Waals surface area (Å²) in [5, 5.41) is 7.58. The van der Waals surface area contributed by atoms with Gasteiger partial charge in [0, 0.05) is 37.6 Å². The van der Waals surface area contributed by atoms with E-state index in [1.807, 2.05) is 11.6 Å². The van der Waals surface area contributed by atoms with Crippen LogP contribution in [0.25, 0.3) is 0 Å². The molecule has 2 aromatic rings. The molecule has 0 aliphatic carbocycles. The fraction of sp³-hybridized carbons (Fsp3) is 0.583. The van der Waals surface area contributed by atoms with E-state index in [1.54, 1.807) is 18.7 Å². The number of likely N-dealkylation sites (tertiary alicyclic amines) is 1. The van der Waals surface area contributed by atoms with Gasteiger partial charge in [-0.1, -0.05) is 0 Å². The molecule has 1 aliphatic heterocycles. The summed E-state index contributed by atoms with van der Waals surface area (Å²) in [7, 11) is 1.32. The zero-order valence-corrected chi connectivity index (χ0v) is 20.5. The Morgan fingerprint density at radius 2 is 1.94 bits per heavy atom. The average Bonchev–Trinajstić information content (AvgIpc) is 3.26. The Morgan fingerprint density at radius 1 is 1.21 bits per heavy atom. The van der Waals surface area contributed by atoms with Crippen LogP contribution in [0, 0.1) is 33.6 Å². The first kappa shape index (κ1) is 24.5. The van der Waals surface area contributed by atoms with Gasteiger partial charge in [-0.05, 0) is 65.0 Å². The molecule has 3 rings (SSSR count). The van der Waals surface area contributed by atoms with E-state index >= 15 is 0 Å². The molecule has 9 nitrogen and oxygen atoms in total. The van der Waals surface area contributed by atoms with Crippen molar-refractivity contribution in [3.8, 4) is 0 Å². The van der Waals surface area contributed by atoms with Crippen molar-refractivity contribution in [3.05, 3.63) is 39.5 Å². The number of aromatic nitrogens is 3. The number of nitrogens with zero attached hydrogens (tertiary/aromatic N) is 3. The number of nitrogens with one attached hydrogen (secondary N) is 2. The number of aromatic amines is 1. The van der Waals surface area contributed by atoms with Gasteiger partial charge in [-0.3, -0.25) is 14.3 Å². The molecule has 3 heterocycles. The molecule has 0 spiro atoms. The number of aryl methyl sites for hydroxylation is 3. The first-order valence-corrected chi connectivity index (χ1v) is 11.6. The first-order valence-electron chi connectivity index (χ1n) is 11.6. The third-order valence-corrected chi connectivity index (χ3v) is 6.63. The molecule has 0 radical (unpaired) electrons. The fourth-order valence-corrected chi connectivity index (χ4v) is 4.76. The SMILES string of the molecule is CCn1nc(C)c(CCNC(=O)C2CCCN(C(=O)c3[nH]c(C)c(C(=O)OC)c3C)C2)c1C. The molecule has 0 saturated carbocycles. The van der Waals surface area contributed by atoms with Crippen LogP contribution >= 0.6 is 0 Å². The molecule has 2 N–H and O–H groups in total. The lowest BCUT2D eigenvalue weighted by atomic mass is 9.96. The molecule has 180 valence electrons. The van der Waals surface area contributed by atoms with Gasteiger partial charge in [-0.15, -0.1) is 0 Å². The second-order valence-electron chi connectivity index (χ2n) is 8.71. The van der Waals surface area contributed by atoms with Gasteiger partial charge in [-0.25, -0.2) is 4.79 Å². The Hall–Kier alpha value is -3.10. The van der Waals surface area contributed by atoms with E-state index in [9.17, 15) is 14.4 Å². The van der Waals surface area contributed by atoms with E-state index in [-0.39, 0.29) is 17.7 Å². The molecule has 1 saturated heterocycles. The standard InChI is InChI=1S/C24H35N5O4/c1-7-29-17(5)19(15(3)27-29)10-11-25-22(30)18-9-8-12-28(13-18)23(31)21-14(2)20(16(4)26-21)24(32)33-6/h18,26H,7-13H2,1-6H3,(H,25,30). The molecular formula is C24H35N5O4. The lowest BCUT2D eigenvalue weighted by Crippen LogP contribution is -2.46. The zero-order valence-electron chi connectivity index (χ0n) is 20.5. The lowest BCUT2D eigenvalue weighted by Gasteiger charge is -2.32. The second-order valence-corrected chi connectivity index (χ2v) is 8.71. The first-order chi connectivity index (χ1) is 15.7. The zero-order chi connectivity index (χ0) is 24.3. The highest BCUT2D eigenvalue weighted by Gasteiger charge is 2.31. The number of hydrogen-bond donors (Lipinski definition) is 2. The summed E-state index contributed by atoms with van der Waals surface area (Å²) in [6, 6.07) is 0. The van der Waals surface area contributed by atoms with Crippen LogP contribution < -0.4 is 5.32 Å². The van der Waals surface area contributed by atoms with Gasteiger partial charge in [0.05, 0.1) is 24.3 Å². The van der Waals surface area contributed by atoms with Crippen molar-refractivity contribution >= 4 is 17.8 Å². The molecule has 0 bridgehead atoms. The van der Waals surface area contributed by atoms with Gasteiger partial charge in [0.15, 0.2) is 0 Å². The summed E-state index contributed by atoms with van der Waals surface area (Å²) in [4.78, 5) is 42.8. The topological polar surface area (TPSA) is 109 Å². The highest BCUT2D eigenvalue weighted by molar-refractivity contribution is 6.00. The van der Waals surface area contributed by atoms with Crippen LogP contribution in [0.3, 0.4) is 0 Å². The van der Waals surface area contributed by atoms with E-state index in [4.69, 9.17) is 4.74 Å². The van der Waals surface area contributed by atoms with Crippen LogP contribution in [-0.2, 0) is 22.5 Å². The lowest BCUT2D eigenvalue weighted by molar-refractivity contribution is -0.126. The van der Waals surface area contributed by atoms with Gasteiger partial charge >= 0.3 is 5.97 Å². The van der Waals surface area contributed by atoms with Crippen molar-refractivity contribution in [1.82, 2.24) is 25.0 Å². The predicted octanol–water partition coefficient (Wildman–Crippen LogP) is 2.46. The van der Waals surface area contributed by atoms with Crippen molar-refractivity contribution in [1.29, 1.82) is 0 Å². The Labute approximate surface area is 194 Å². The highest BCUT2D eigenvalue weighted by Crippen LogP contribution is 2.24. The van der Waals surface area contributed by atoms with E-state index < -0.39 is 5.97 Å². The van der Waals surface area contributed by atoms with E-state index in [1.165, 1.54) is 12.7 Å². The summed E-state index contributed by atoms with van der Waals surface area (Å²) < 4.78 is 6.81. The van der Waals surface area contributed by atoms with Crippen molar-refractivity contribution in [3.63, 3.8) is 0 Å². The maximum atomic E-state index is 13.2. The summed E-state index contributed by atoms with van der Waals surface area (Å²) >= 11 is 0. The predicted molar refractivity (Wildman–Crippen MR) is 124 cm³/mol. The smallest absolute Gasteiger partial charge is 0.339 e. The number of carbonyl (C=O) groups is 3. The summed E-state index contributed by atoms with van der Waals surface area (Å²) in [6.45, 7) is 11.9. The van der Waals surface area contributed by atoms with Gasteiger partial charge in [0.25, 0.3) is 5.91 Å². The molecule has 1 fully saturated rings. The molecule has 1 unspecified atom stereocenters. The van der Waals surface area contributed by atoms with E-state index in [0.29, 0.717) is 42.1 Å². The van der Waals surface area contributed by atoms with Crippen molar-refractivity contribution < 1.29 is 19.1 Å². The molecule has 2 amide bonds. The third-order valence-electron chi connectivity index (χ3n) is 6.63. The number of piperidine rings is 1. The van der Waals surface area contributed by atoms with Crippen LogP contribution in [0.15, 0.2) is 0 Å². The minimum absolute atomic E-state index is 0.0275. The summed E-state index contributed by atoms with van der Waals surface area (Å²) in [5.74, 6) is -0.937. The molecular weight excluding hydrogens is 422 g/mol. The molecule has 0 aromatic carbocycles. The number of carbonyl (C=O) groups excluding carboxylic acids is 3. The number of amides is 2. The molecule has 1 aliphatic rings. The Bertz CT molecular complexity index is 1050. The van der Waals surface area contributed by atoms with Crippen molar-refractivity contribution in [2.45, 2.75) is 60.4 Å². The van der Waals surface area contributed by atoms with Gasteiger partial charge < -0.3 is 19.9 Å². The average molecular weight is 458 g/mol. The number of methoxy groups -OCH3 is 1.